The summed E-state index contributed by atoms with van der Waals surface area (Å²) in [6, 6.07) is 1.51. The van der Waals surface area contributed by atoms with Crippen molar-refractivity contribution in [3.8, 4) is 0 Å². The van der Waals surface area contributed by atoms with Crippen molar-refractivity contribution >= 4 is 5.91 Å². The van der Waals surface area contributed by atoms with Crippen LogP contribution >= 0.6 is 0 Å². The molecule has 2 rings (SSSR count). The van der Waals surface area contributed by atoms with Gasteiger partial charge in [-0.3, -0.25) is 4.79 Å². The number of hydrogen-bond donors (Lipinski definition) is 0. The molecule has 0 saturated carbocycles. The quantitative estimate of drug-likeness (QED) is 0.718. The molecule has 1 saturated heterocycles. The summed E-state index contributed by atoms with van der Waals surface area (Å²) in [7, 11) is 0. The predicted octanol–water partition coefficient (Wildman–Crippen LogP) is 3.22. The highest BCUT2D eigenvalue weighted by atomic mass is 19.2. The molecule has 19 heavy (non-hydrogen) atoms. The lowest BCUT2D eigenvalue weighted by Crippen LogP contribution is -2.42. The summed E-state index contributed by atoms with van der Waals surface area (Å²) in [5.41, 5.74) is -0.141. The lowest BCUT2D eigenvalue weighted by molar-refractivity contribution is 0.0622. The van der Waals surface area contributed by atoms with E-state index in [1.807, 2.05) is 13.8 Å². The maximum atomic E-state index is 13.1. The largest absolute Gasteiger partial charge is 0.338 e. The van der Waals surface area contributed by atoms with Crippen LogP contribution in [0.5, 0.6) is 0 Å². The minimum Gasteiger partial charge on any atom is -0.338 e. The smallest absolute Gasteiger partial charge is 0.254 e. The van der Waals surface area contributed by atoms with E-state index in [-0.39, 0.29) is 5.56 Å². The number of piperidine rings is 1. The summed E-state index contributed by atoms with van der Waals surface area (Å²) in [6.07, 6.45) is 1.02. The molecule has 1 aromatic rings. The van der Waals surface area contributed by atoms with Crippen molar-refractivity contribution in [1.29, 1.82) is 0 Å². The van der Waals surface area contributed by atoms with E-state index in [4.69, 9.17) is 0 Å². The van der Waals surface area contributed by atoms with Crippen molar-refractivity contribution in [3.05, 3.63) is 35.1 Å². The van der Waals surface area contributed by atoms with E-state index in [1.54, 1.807) is 4.90 Å². The molecule has 1 aromatic carbocycles. The molecule has 0 aliphatic carbocycles. The number of carbonyl (C=O) groups excluding carboxylic acids is 1. The average Bonchev–Trinajstić information content (AvgIpc) is 2.33. The first-order valence-electron chi connectivity index (χ1n) is 6.32. The molecule has 5 heteroatoms. The molecule has 1 heterocycles. The minimum atomic E-state index is -1.54. The molecule has 2 nitrogen and oxygen atoms in total. The van der Waals surface area contributed by atoms with Gasteiger partial charge < -0.3 is 4.90 Å². The third kappa shape index (κ3) is 2.91. The van der Waals surface area contributed by atoms with E-state index < -0.39 is 23.4 Å². The number of carbonyl (C=O) groups is 1. The first kappa shape index (κ1) is 13.9. The van der Waals surface area contributed by atoms with E-state index in [1.165, 1.54) is 0 Å². The SMILES string of the molecule is CC1CC(C)CN(C(=O)c2cc(F)c(F)c(F)c2)C1. The Balaban J connectivity index is 2.24. The molecule has 0 radical (unpaired) electrons. The minimum absolute atomic E-state index is 0.141. The summed E-state index contributed by atoms with van der Waals surface area (Å²) >= 11 is 0. The van der Waals surface area contributed by atoms with Gasteiger partial charge in [-0.2, -0.15) is 0 Å². The molecule has 0 spiro atoms. The van der Waals surface area contributed by atoms with Gasteiger partial charge in [-0.25, -0.2) is 13.2 Å². The van der Waals surface area contributed by atoms with Gasteiger partial charge in [0, 0.05) is 18.7 Å². The fourth-order valence-corrected chi connectivity index (χ4v) is 2.69. The zero-order chi connectivity index (χ0) is 14.2. The number of halogens is 3. The summed E-state index contributed by atoms with van der Waals surface area (Å²) in [4.78, 5) is 13.8. The molecule has 1 aliphatic heterocycles. The average molecular weight is 271 g/mol. The van der Waals surface area contributed by atoms with Gasteiger partial charge in [-0.05, 0) is 30.4 Å². The molecular weight excluding hydrogens is 255 g/mol. The van der Waals surface area contributed by atoms with Crippen LogP contribution in [0.3, 0.4) is 0 Å². The molecule has 2 atom stereocenters. The third-order valence-corrected chi connectivity index (χ3v) is 3.39. The van der Waals surface area contributed by atoms with Crippen molar-refractivity contribution in [2.24, 2.45) is 11.8 Å². The van der Waals surface area contributed by atoms with Gasteiger partial charge in [0.15, 0.2) is 17.5 Å². The van der Waals surface area contributed by atoms with Crippen LogP contribution in [-0.4, -0.2) is 23.9 Å². The predicted molar refractivity (Wildman–Crippen MR) is 65.2 cm³/mol. The topological polar surface area (TPSA) is 20.3 Å². The second-order valence-corrected chi connectivity index (χ2v) is 5.41. The van der Waals surface area contributed by atoms with Crippen LogP contribution in [0.25, 0.3) is 0 Å². The van der Waals surface area contributed by atoms with Crippen LogP contribution in [-0.2, 0) is 0 Å². The Morgan fingerprint density at radius 2 is 1.58 bits per heavy atom. The van der Waals surface area contributed by atoms with Gasteiger partial charge in [0.05, 0.1) is 0 Å². The van der Waals surface area contributed by atoms with Crippen molar-refractivity contribution < 1.29 is 18.0 Å². The number of benzene rings is 1. The maximum absolute atomic E-state index is 13.1. The van der Waals surface area contributed by atoms with Crippen molar-refractivity contribution in [3.63, 3.8) is 0 Å². The highest BCUT2D eigenvalue weighted by Gasteiger charge is 2.27. The van der Waals surface area contributed by atoms with Crippen molar-refractivity contribution in [1.82, 2.24) is 4.90 Å². The standard InChI is InChI=1S/C14H16F3NO/c1-8-3-9(2)7-18(6-8)14(19)10-4-11(15)13(17)12(16)5-10/h4-5,8-9H,3,6-7H2,1-2H3. The second kappa shape index (κ2) is 5.23. The van der Waals surface area contributed by atoms with Gasteiger partial charge in [0.1, 0.15) is 0 Å². The molecule has 1 fully saturated rings. The Morgan fingerprint density at radius 3 is 2.05 bits per heavy atom. The van der Waals surface area contributed by atoms with Gasteiger partial charge in [-0.1, -0.05) is 13.8 Å². The number of likely N-dealkylation sites (tertiary alicyclic amines) is 1. The fourth-order valence-electron chi connectivity index (χ4n) is 2.69. The first-order chi connectivity index (χ1) is 8.88. The maximum Gasteiger partial charge on any atom is 0.254 e. The summed E-state index contributed by atoms with van der Waals surface area (Å²) in [5, 5.41) is 0. The Hall–Kier alpha value is -1.52. The summed E-state index contributed by atoms with van der Waals surface area (Å²) in [6.45, 7) is 5.18. The van der Waals surface area contributed by atoms with E-state index in [0.717, 1.165) is 18.6 Å². The Bertz CT molecular complexity index is 470. The number of amides is 1. The normalized spacial score (nSPS) is 23.5. The van der Waals surface area contributed by atoms with Crippen molar-refractivity contribution in [2.45, 2.75) is 20.3 Å². The van der Waals surface area contributed by atoms with E-state index in [9.17, 15) is 18.0 Å². The van der Waals surface area contributed by atoms with Crippen molar-refractivity contribution in [2.75, 3.05) is 13.1 Å². The monoisotopic (exact) mass is 271 g/mol. The van der Waals surface area contributed by atoms with E-state index in [2.05, 4.69) is 0 Å². The molecule has 1 amide bonds. The van der Waals surface area contributed by atoms with Crippen LogP contribution in [0.4, 0.5) is 13.2 Å². The lowest BCUT2D eigenvalue weighted by atomic mass is 9.91. The summed E-state index contributed by atoms with van der Waals surface area (Å²) in [5.74, 6) is -3.96. The third-order valence-electron chi connectivity index (χ3n) is 3.39. The second-order valence-electron chi connectivity index (χ2n) is 5.41. The van der Waals surface area contributed by atoms with Crippen LogP contribution < -0.4 is 0 Å². The Morgan fingerprint density at radius 1 is 1.11 bits per heavy atom. The van der Waals surface area contributed by atoms with Gasteiger partial charge in [0.25, 0.3) is 5.91 Å². The Kier molecular flexibility index (Phi) is 3.83. The molecular formula is C14H16F3NO. The van der Waals surface area contributed by atoms with Crippen LogP contribution in [0.15, 0.2) is 12.1 Å². The number of nitrogens with zero attached hydrogens (tertiary/aromatic N) is 1. The molecule has 1 aliphatic rings. The highest BCUT2D eigenvalue weighted by molar-refractivity contribution is 5.94. The van der Waals surface area contributed by atoms with Crippen LogP contribution in [0.2, 0.25) is 0 Å². The number of rotatable bonds is 1. The lowest BCUT2D eigenvalue weighted by Gasteiger charge is -2.35. The highest BCUT2D eigenvalue weighted by Crippen LogP contribution is 2.23. The summed E-state index contributed by atoms with van der Waals surface area (Å²) < 4.78 is 39.1. The van der Waals surface area contributed by atoms with Crippen LogP contribution in [0, 0.1) is 29.3 Å². The molecule has 0 N–H and O–H groups in total. The van der Waals surface area contributed by atoms with E-state index >= 15 is 0 Å². The van der Waals surface area contributed by atoms with Gasteiger partial charge >= 0.3 is 0 Å². The van der Waals surface area contributed by atoms with Gasteiger partial charge in [-0.15, -0.1) is 0 Å². The van der Waals surface area contributed by atoms with E-state index in [0.29, 0.717) is 24.9 Å². The number of hydrogen-bond acceptors (Lipinski definition) is 1. The zero-order valence-electron chi connectivity index (χ0n) is 10.9. The van der Waals surface area contributed by atoms with Crippen LogP contribution in [0.1, 0.15) is 30.6 Å². The molecule has 0 bridgehead atoms. The molecule has 2 unspecified atom stereocenters. The van der Waals surface area contributed by atoms with Gasteiger partial charge in [0.2, 0.25) is 0 Å². The molecule has 0 aromatic heterocycles. The fraction of sp³-hybridized carbons (Fsp3) is 0.500. The zero-order valence-corrected chi connectivity index (χ0v) is 10.9. The first-order valence-corrected chi connectivity index (χ1v) is 6.32. The Labute approximate surface area is 110 Å². The molecule has 104 valence electrons.